The maximum Gasteiger partial charge on any atom is 0.341 e. The standard InChI is InChI=1S/C20H28O6.C16H30O4/c1-9-5-13-18(24,15(9)22)7-11(8-21)6-12-14-17(3,4)20(14,26)16(23)10(2)19(12,13)25;1-2-3-4-5-6-7-8-9-10-11-12-13-16(19)20-14-15(17)18/h5-6,10,12-14,16,21,23-26H,7-8H2,1-4H3;2-14H2,1H3,(H,17,18)/t10-,12+,13-,14-,16-,18+,19+,20+;/m1./s1. The summed E-state index contributed by atoms with van der Waals surface area (Å²) in [6, 6.07) is 0. The van der Waals surface area contributed by atoms with Crippen LogP contribution >= 0.6 is 0 Å². The molecule has 10 nitrogen and oxygen atoms in total. The molecule has 6 N–H and O–H groups in total. The summed E-state index contributed by atoms with van der Waals surface area (Å²) < 4.78 is 4.56. The summed E-state index contributed by atoms with van der Waals surface area (Å²) in [7, 11) is 0. The van der Waals surface area contributed by atoms with Gasteiger partial charge >= 0.3 is 11.9 Å². The van der Waals surface area contributed by atoms with Crippen LogP contribution in [-0.4, -0.2) is 84.5 Å². The Balaban J connectivity index is 0.000000262. The van der Waals surface area contributed by atoms with Gasteiger partial charge in [-0.25, -0.2) is 4.79 Å². The first-order valence-corrected chi connectivity index (χ1v) is 17.3. The Morgan fingerprint density at radius 1 is 0.935 bits per heavy atom. The molecule has 0 aromatic heterocycles. The third kappa shape index (κ3) is 7.31. The van der Waals surface area contributed by atoms with E-state index in [1.807, 2.05) is 13.8 Å². The van der Waals surface area contributed by atoms with Crippen LogP contribution in [0.1, 0.15) is 118 Å². The molecule has 4 aliphatic carbocycles. The number of fused-ring (bicyclic) bond motifs is 5. The molecular weight excluding hydrogens is 592 g/mol. The molecule has 0 unspecified atom stereocenters. The van der Waals surface area contributed by atoms with Gasteiger partial charge < -0.3 is 35.4 Å². The minimum absolute atomic E-state index is 0.0615. The molecule has 0 radical (unpaired) electrons. The molecule has 4 aliphatic rings. The van der Waals surface area contributed by atoms with Crippen molar-refractivity contribution in [1.29, 1.82) is 0 Å². The molecule has 0 heterocycles. The van der Waals surface area contributed by atoms with E-state index in [0.29, 0.717) is 17.6 Å². The van der Waals surface area contributed by atoms with Gasteiger partial charge in [0.2, 0.25) is 0 Å². The third-order valence-electron chi connectivity index (χ3n) is 11.4. The third-order valence-corrected chi connectivity index (χ3v) is 11.4. The maximum atomic E-state index is 12.7. The molecule has 4 rings (SSSR count). The molecule has 0 aromatic carbocycles. The minimum atomic E-state index is -1.84. The average Bonchev–Trinajstić information content (AvgIpc) is 3.41. The van der Waals surface area contributed by atoms with Gasteiger partial charge in [-0.1, -0.05) is 104 Å². The molecule has 2 saturated carbocycles. The lowest BCUT2D eigenvalue weighted by Gasteiger charge is -2.51. The Labute approximate surface area is 273 Å². The Bertz CT molecular complexity index is 1160. The van der Waals surface area contributed by atoms with Gasteiger partial charge in [0.05, 0.1) is 18.3 Å². The Kier molecular flexibility index (Phi) is 12.8. The first-order valence-electron chi connectivity index (χ1n) is 17.3. The molecule has 0 amide bonds. The van der Waals surface area contributed by atoms with Crippen LogP contribution in [0.15, 0.2) is 23.3 Å². The number of carboxylic acid groups (broad SMARTS) is 1. The fourth-order valence-electron chi connectivity index (χ4n) is 8.59. The second kappa shape index (κ2) is 15.4. The Morgan fingerprint density at radius 2 is 1.48 bits per heavy atom. The molecule has 0 bridgehead atoms. The zero-order chi connectivity index (χ0) is 34.5. The molecule has 0 saturated heterocycles. The lowest BCUT2D eigenvalue weighted by molar-refractivity contribution is -0.209. The molecule has 0 aromatic rings. The zero-order valence-corrected chi connectivity index (χ0v) is 28.5. The van der Waals surface area contributed by atoms with Crippen LogP contribution in [0, 0.1) is 29.1 Å². The van der Waals surface area contributed by atoms with E-state index in [1.165, 1.54) is 51.4 Å². The summed E-state index contributed by atoms with van der Waals surface area (Å²) in [4.78, 5) is 34.0. The number of rotatable bonds is 15. The first-order chi connectivity index (χ1) is 21.5. The van der Waals surface area contributed by atoms with Gasteiger partial charge in [0.1, 0.15) is 11.2 Å². The number of carboxylic acids is 1. The number of aliphatic carboxylic acids is 1. The van der Waals surface area contributed by atoms with E-state index in [-0.39, 0.29) is 13.0 Å². The fraction of sp³-hybridized carbons (Fsp3) is 0.806. The summed E-state index contributed by atoms with van der Waals surface area (Å²) >= 11 is 0. The monoisotopic (exact) mass is 650 g/mol. The molecule has 262 valence electrons. The number of ketones is 1. The quantitative estimate of drug-likeness (QED) is 0.0852. The predicted molar refractivity (Wildman–Crippen MR) is 172 cm³/mol. The van der Waals surface area contributed by atoms with Crippen molar-refractivity contribution in [2.45, 2.75) is 141 Å². The topological polar surface area (TPSA) is 182 Å². The highest BCUT2D eigenvalue weighted by Gasteiger charge is 2.84. The number of aliphatic hydroxyl groups is 5. The van der Waals surface area contributed by atoms with E-state index in [9.17, 15) is 39.9 Å². The molecule has 0 spiro atoms. The van der Waals surface area contributed by atoms with Gasteiger partial charge in [-0.05, 0) is 24.5 Å². The molecule has 0 aliphatic heterocycles. The van der Waals surface area contributed by atoms with Gasteiger partial charge in [0.25, 0.3) is 0 Å². The number of esters is 1. The fourth-order valence-corrected chi connectivity index (χ4v) is 8.59. The van der Waals surface area contributed by atoms with Crippen molar-refractivity contribution in [3.05, 3.63) is 23.3 Å². The van der Waals surface area contributed by atoms with Crippen LogP contribution in [-0.2, 0) is 19.1 Å². The highest BCUT2D eigenvalue weighted by molar-refractivity contribution is 6.04. The molecule has 8 atom stereocenters. The number of unbranched alkanes of at least 4 members (excludes halogenated alkanes) is 10. The van der Waals surface area contributed by atoms with Crippen LogP contribution in [0.25, 0.3) is 0 Å². The van der Waals surface area contributed by atoms with Crippen LogP contribution in [0.4, 0.5) is 0 Å². The molecule has 46 heavy (non-hydrogen) atoms. The van der Waals surface area contributed by atoms with Gasteiger partial charge in [-0.2, -0.15) is 0 Å². The van der Waals surface area contributed by atoms with Gasteiger partial charge in [-0.15, -0.1) is 0 Å². The van der Waals surface area contributed by atoms with Gasteiger partial charge in [0.15, 0.2) is 12.4 Å². The van der Waals surface area contributed by atoms with E-state index < -0.39 is 76.3 Å². The molecular formula is C36H58O10. The van der Waals surface area contributed by atoms with Gasteiger partial charge in [0, 0.05) is 41.9 Å². The average molecular weight is 651 g/mol. The minimum Gasteiger partial charge on any atom is -0.479 e. The van der Waals surface area contributed by atoms with Crippen LogP contribution in [0.2, 0.25) is 0 Å². The SMILES string of the molecule is CC1=C[C@H]2[C@]3(O)[C@H](C)[C@@H](O)[C@@]4(O)[C@H]([C@@H]3C=C(CO)C[C@@]2(O)C1=O)C4(C)C.CCCCCCCCCCCCCC(=O)OCC(=O)O. The predicted octanol–water partition coefficient (Wildman–Crippen LogP) is 4.25. The lowest BCUT2D eigenvalue weighted by Crippen LogP contribution is -2.65. The van der Waals surface area contributed by atoms with E-state index in [0.717, 1.165) is 19.3 Å². The Hall–Kier alpha value is -2.11. The number of aliphatic hydroxyl groups excluding tert-OH is 2. The second-order valence-electron chi connectivity index (χ2n) is 14.8. The Morgan fingerprint density at radius 3 is 2.00 bits per heavy atom. The summed E-state index contributed by atoms with van der Waals surface area (Å²) in [5, 5.41) is 63.3. The number of carbonyl (C=O) groups excluding carboxylic acids is 2. The highest BCUT2D eigenvalue weighted by Crippen LogP contribution is 2.74. The lowest BCUT2D eigenvalue weighted by atomic mass is 9.59. The van der Waals surface area contributed by atoms with Crippen LogP contribution < -0.4 is 0 Å². The van der Waals surface area contributed by atoms with E-state index in [2.05, 4.69) is 11.7 Å². The summed E-state index contributed by atoms with van der Waals surface area (Å²) in [5.41, 5.74) is -4.57. The van der Waals surface area contributed by atoms with Crippen LogP contribution in [0.3, 0.4) is 0 Å². The normalized spacial score (nSPS) is 35.3. The van der Waals surface area contributed by atoms with Crippen molar-refractivity contribution in [2.24, 2.45) is 29.1 Å². The van der Waals surface area contributed by atoms with E-state index in [4.69, 9.17) is 5.11 Å². The van der Waals surface area contributed by atoms with Crippen LogP contribution in [0.5, 0.6) is 0 Å². The molecule has 2 fully saturated rings. The van der Waals surface area contributed by atoms with Crippen molar-refractivity contribution in [2.75, 3.05) is 13.2 Å². The van der Waals surface area contributed by atoms with Crippen molar-refractivity contribution in [3.63, 3.8) is 0 Å². The number of Topliss-reactive ketones (excluding diaryl/α,β-unsaturated/α-hetero) is 1. The summed E-state index contributed by atoms with van der Waals surface area (Å²) in [6.45, 7) is 8.35. The molecule has 10 heteroatoms. The van der Waals surface area contributed by atoms with Crippen molar-refractivity contribution in [3.8, 4) is 0 Å². The van der Waals surface area contributed by atoms with Gasteiger partial charge in [-0.3, -0.25) is 9.59 Å². The number of ether oxygens (including phenoxy) is 1. The summed E-state index contributed by atoms with van der Waals surface area (Å²) in [6.07, 6.45) is 16.0. The second-order valence-corrected chi connectivity index (χ2v) is 14.8. The van der Waals surface area contributed by atoms with Crippen molar-refractivity contribution in [1.82, 2.24) is 0 Å². The van der Waals surface area contributed by atoms with Crippen molar-refractivity contribution >= 4 is 17.7 Å². The number of carbonyl (C=O) groups is 3. The summed E-state index contributed by atoms with van der Waals surface area (Å²) in [5.74, 6) is -4.64. The maximum absolute atomic E-state index is 12.7. The van der Waals surface area contributed by atoms with Crippen molar-refractivity contribution < 1.29 is 49.8 Å². The number of hydrogen-bond donors (Lipinski definition) is 6. The zero-order valence-electron chi connectivity index (χ0n) is 28.5. The van der Waals surface area contributed by atoms with E-state index in [1.54, 1.807) is 26.0 Å². The largest absolute Gasteiger partial charge is 0.479 e. The highest BCUT2D eigenvalue weighted by atomic mass is 16.5. The van der Waals surface area contributed by atoms with E-state index >= 15 is 0 Å². The first kappa shape index (κ1) is 38.3. The smallest absolute Gasteiger partial charge is 0.341 e. The number of hydrogen-bond acceptors (Lipinski definition) is 9.